The Morgan fingerprint density at radius 3 is 2.36 bits per heavy atom. The maximum atomic E-state index is 12.6. The number of carbonyl (C=O) groups is 1. The molecule has 0 saturated carbocycles. The number of amides is 1. The minimum absolute atomic E-state index is 0.210. The molecule has 0 saturated heterocycles. The zero-order valence-electron chi connectivity index (χ0n) is 14.2. The number of hydrogen-bond acceptors (Lipinski definition) is 2. The van der Waals surface area contributed by atoms with Crippen molar-refractivity contribution >= 4 is 33.2 Å². The molecule has 1 amide bonds. The summed E-state index contributed by atoms with van der Waals surface area (Å²) in [5, 5.41) is 0. The van der Waals surface area contributed by atoms with Crippen LogP contribution in [0.2, 0.25) is 0 Å². The quantitative estimate of drug-likeness (QED) is 0.569. The van der Waals surface area contributed by atoms with Crippen molar-refractivity contribution in [2.24, 2.45) is 4.99 Å². The number of carbonyl (C=O) groups excluding carboxylic acids is 1. The van der Waals surface area contributed by atoms with Crippen LogP contribution in [0.4, 0.5) is 0 Å². The van der Waals surface area contributed by atoms with Crippen molar-refractivity contribution in [3.05, 3.63) is 74.3 Å². The number of aryl methyl sites for hydroxylation is 1. The SMILES string of the molecule is CCc1sc(=NC(=O)c2ccc(Br)cc2)n(CC)c1-c1ccccc1. The zero-order valence-corrected chi connectivity index (χ0v) is 16.6. The number of thiazole rings is 1. The maximum Gasteiger partial charge on any atom is 0.279 e. The van der Waals surface area contributed by atoms with Crippen molar-refractivity contribution in [3.63, 3.8) is 0 Å². The predicted molar refractivity (Wildman–Crippen MR) is 107 cm³/mol. The molecule has 1 aromatic heterocycles. The Balaban J connectivity index is 2.12. The summed E-state index contributed by atoms with van der Waals surface area (Å²) >= 11 is 4.99. The van der Waals surface area contributed by atoms with E-state index in [0.717, 1.165) is 33.5 Å². The summed E-state index contributed by atoms with van der Waals surface area (Å²) < 4.78 is 3.08. The monoisotopic (exact) mass is 414 g/mol. The molecule has 0 fully saturated rings. The molecule has 0 N–H and O–H groups in total. The molecule has 0 atom stereocenters. The Kier molecular flexibility index (Phi) is 5.66. The van der Waals surface area contributed by atoms with Crippen LogP contribution in [0.1, 0.15) is 29.1 Å². The lowest BCUT2D eigenvalue weighted by atomic mass is 10.1. The molecule has 3 aromatic rings. The molecule has 0 aliphatic carbocycles. The Morgan fingerprint density at radius 2 is 1.76 bits per heavy atom. The molecule has 128 valence electrons. The van der Waals surface area contributed by atoms with Crippen LogP contribution in [0.3, 0.4) is 0 Å². The van der Waals surface area contributed by atoms with Crippen molar-refractivity contribution in [2.45, 2.75) is 26.8 Å². The van der Waals surface area contributed by atoms with E-state index in [1.807, 2.05) is 30.3 Å². The molecule has 25 heavy (non-hydrogen) atoms. The first kappa shape index (κ1) is 17.8. The third kappa shape index (κ3) is 3.83. The van der Waals surface area contributed by atoms with Gasteiger partial charge in [-0.15, -0.1) is 11.3 Å². The van der Waals surface area contributed by atoms with Crippen molar-refractivity contribution in [1.82, 2.24) is 4.57 Å². The largest absolute Gasteiger partial charge is 0.316 e. The molecular weight excluding hydrogens is 396 g/mol. The normalized spacial score (nSPS) is 11.7. The molecule has 0 aliphatic heterocycles. The fourth-order valence-corrected chi connectivity index (χ4v) is 4.15. The van der Waals surface area contributed by atoms with E-state index in [9.17, 15) is 4.79 Å². The van der Waals surface area contributed by atoms with Gasteiger partial charge in [0.25, 0.3) is 5.91 Å². The Labute approximate surface area is 159 Å². The smallest absolute Gasteiger partial charge is 0.279 e. The average Bonchev–Trinajstić information content (AvgIpc) is 3.00. The maximum absolute atomic E-state index is 12.6. The second-order valence-corrected chi connectivity index (χ2v) is 7.52. The number of benzene rings is 2. The molecule has 1 heterocycles. The summed E-state index contributed by atoms with van der Waals surface area (Å²) in [5.41, 5.74) is 2.92. The van der Waals surface area contributed by atoms with E-state index in [2.05, 4.69) is 51.5 Å². The van der Waals surface area contributed by atoms with Crippen LogP contribution in [-0.2, 0) is 13.0 Å². The summed E-state index contributed by atoms with van der Waals surface area (Å²) in [4.78, 5) is 19.0. The Bertz CT molecular complexity index is 940. The molecule has 3 nitrogen and oxygen atoms in total. The number of hydrogen-bond donors (Lipinski definition) is 0. The lowest BCUT2D eigenvalue weighted by Gasteiger charge is -2.08. The summed E-state index contributed by atoms with van der Waals surface area (Å²) in [7, 11) is 0. The molecule has 0 unspecified atom stereocenters. The zero-order chi connectivity index (χ0) is 17.8. The van der Waals surface area contributed by atoms with Gasteiger partial charge in [0.05, 0.1) is 5.69 Å². The Morgan fingerprint density at radius 1 is 1.08 bits per heavy atom. The van der Waals surface area contributed by atoms with Gasteiger partial charge in [0, 0.05) is 21.5 Å². The van der Waals surface area contributed by atoms with Crippen molar-refractivity contribution in [3.8, 4) is 11.3 Å². The van der Waals surface area contributed by atoms with Crippen LogP contribution in [0.15, 0.2) is 64.1 Å². The van der Waals surface area contributed by atoms with E-state index in [1.165, 1.54) is 4.88 Å². The van der Waals surface area contributed by atoms with Gasteiger partial charge in [-0.2, -0.15) is 4.99 Å². The van der Waals surface area contributed by atoms with Gasteiger partial charge in [0.15, 0.2) is 4.80 Å². The minimum Gasteiger partial charge on any atom is -0.316 e. The molecule has 0 bridgehead atoms. The van der Waals surface area contributed by atoms with Crippen LogP contribution in [0.5, 0.6) is 0 Å². The van der Waals surface area contributed by atoms with Gasteiger partial charge in [-0.05, 0) is 43.2 Å². The number of aromatic nitrogens is 1. The molecule has 0 spiro atoms. The van der Waals surface area contributed by atoms with Gasteiger partial charge in [-0.1, -0.05) is 53.2 Å². The summed E-state index contributed by atoms with van der Waals surface area (Å²) in [6.45, 7) is 4.99. The summed E-state index contributed by atoms with van der Waals surface area (Å²) in [6.07, 6.45) is 0.914. The number of nitrogens with zero attached hydrogens (tertiary/aromatic N) is 2. The lowest BCUT2D eigenvalue weighted by molar-refractivity contribution is 0.0998. The fourth-order valence-electron chi connectivity index (χ4n) is 2.73. The highest BCUT2D eigenvalue weighted by Crippen LogP contribution is 2.26. The van der Waals surface area contributed by atoms with Crippen molar-refractivity contribution in [2.75, 3.05) is 0 Å². The van der Waals surface area contributed by atoms with Crippen molar-refractivity contribution < 1.29 is 4.79 Å². The molecular formula is C20H19BrN2OS. The molecule has 0 aliphatic rings. The highest BCUT2D eigenvalue weighted by molar-refractivity contribution is 9.10. The van der Waals surface area contributed by atoms with E-state index in [0.29, 0.717) is 5.56 Å². The fraction of sp³-hybridized carbons (Fsp3) is 0.200. The molecule has 0 radical (unpaired) electrons. The van der Waals surface area contributed by atoms with Crippen LogP contribution in [0, 0.1) is 0 Å². The second kappa shape index (κ2) is 7.93. The highest BCUT2D eigenvalue weighted by atomic mass is 79.9. The summed E-state index contributed by atoms with van der Waals surface area (Å²) in [6, 6.07) is 17.6. The number of rotatable bonds is 4. The standard InChI is InChI=1S/C20H19BrN2OS/c1-3-17-18(14-8-6-5-7-9-14)23(4-2)20(25-17)22-19(24)15-10-12-16(21)13-11-15/h5-13H,3-4H2,1-2H3. The van der Waals surface area contributed by atoms with E-state index < -0.39 is 0 Å². The third-order valence-electron chi connectivity index (χ3n) is 3.95. The molecule has 3 rings (SSSR count). The molecule has 2 aromatic carbocycles. The lowest BCUT2D eigenvalue weighted by Crippen LogP contribution is -2.17. The van der Waals surface area contributed by atoms with E-state index in [1.54, 1.807) is 23.5 Å². The van der Waals surface area contributed by atoms with Crippen LogP contribution in [-0.4, -0.2) is 10.5 Å². The van der Waals surface area contributed by atoms with E-state index in [4.69, 9.17) is 0 Å². The minimum atomic E-state index is -0.210. The summed E-state index contributed by atoms with van der Waals surface area (Å²) in [5.74, 6) is -0.210. The topological polar surface area (TPSA) is 34.4 Å². The van der Waals surface area contributed by atoms with Gasteiger partial charge in [-0.3, -0.25) is 4.79 Å². The first-order valence-corrected chi connectivity index (χ1v) is 9.87. The van der Waals surface area contributed by atoms with Gasteiger partial charge in [0.1, 0.15) is 0 Å². The van der Waals surface area contributed by atoms with Gasteiger partial charge in [-0.25, -0.2) is 0 Å². The first-order valence-electron chi connectivity index (χ1n) is 8.26. The van der Waals surface area contributed by atoms with Crippen LogP contribution < -0.4 is 4.80 Å². The first-order chi connectivity index (χ1) is 12.1. The van der Waals surface area contributed by atoms with E-state index >= 15 is 0 Å². The van der Waals surface area contributed by atoms with Gasteiger partial charge >= 0.3 is 0 Å². The van der Waals surface area contributed by atoms with Crippen LogP contribution >= 0.6 is 27.3 Å². The average molecular weight is 415 g/mol. The number of halogens is 1. The predicted octanol–water partition coefficient (Wildman–Crippen LogP) is 5.30. The highest BCUT2D eigenvalue weighted by Gasteiger charge is 2.14. The molecule has 5 heteroatoms. The van der Waals surface area contributed by atoms with Gasteiger partial charge < -0.3 is 4.57 Å². The van der Waals surface area contributed by atoms with Crippen LogP contribution in [0.25, 0.3) is 11.3 Å². The van der Waals surface area contributed by atoms with E-state index in [-0.39, 0.29) is 5.91 Å². The second-order valence-electron chi connectivity index (χ2n) is 5.54. The Hall–Kier alpha value is -1.98. The van der Waals surface area contributed by atoms with Gasteiger partial charge in [0.2, 0.25) is 0 Å². The third-order valence-corrected chi connectivity index (χ3v) is 5.70. The van der Waals surface area contributed by atoms with Crippen molar-refractivity contribution in [1.29, 1.82) is 0 Å².